The summed E-state index contributed by atoms with van der Waals surface area (Å²) in [5.41, 5.74) is 0. The van der Waals surface area contributed by atoms with E-state index >= 15 is 0 Å². The number of hydrogen-bond donors (Lipinski definition) is 3. The van der Waals surface area contributed by atoms with Crippen molar-refractivity contribution in [1.82, 2.24) is 15.5 Å². The molecule has 0 rings (SSSR count). The molecule has 28 heavy (non-hydrogen) atoms. The van der Waals surface area contributed by atoms with Gasteiger partial charge >= 0.3 is 0 Å². The molecule has 0 aromatic heterocycles. The van der Waals surface area contributed by atoms with Gasteiger partial charge in [0.15, 0.2) is 0 Å². The summed E-state index contributed by atoms with van der Waals surface area (Å²) in [6, 6.07) is 0. The highest BCUT2D eigenvalue weighted by Gasteiger charge is 2.07. The average Bonchev–Trinajstić information content (AvgIpc) is 2.67. The summed E-state index contributed by atoms with van der Waals surface area (Å²) >= 11 is 0. The van der Waals surface area contributed by atoms with Gasteiger partial charge in [0.2, 0.25) is 11.8 Å². The van der Waals surface area contributed by atoms with Gasteiger partial charge < -0.3 is 15.7 Å². The third kappa shape index (κ3) is 17.7. The van der Waals surface area contributed by atoms with Gasteiger partial charge in [0.1, 0.15) is 0 Å². The maximum absolute atomic E-state index is 11.8. The van der Waals surface area contributed by atoms with Crippen molar-refractivity contribution in [3.8, 4) is 0 Å². The molecule has 2 amide bonds. The number of allylic oxidation sites excluding steroid dienone is 4. The van der Waals surface area contributed by atoms with Gasteiger partial charge in [0, 0.05) is 45.6 Å². The second-order valence-corrected chi connectivity index (χ2v) is 6.89. The number of carbonyl (C=O) groups excluding carboxylic acids is 2. The molecule has 0 unspecified atom stereocenters. The van der Waals surface area contributed by atoms with Gasteiger partial charge in [-0.2, -0.15) is 0 Å². The van der Waals surface area contributed by atoms with Crippen molar-refractivity contribution in [1.29, 1.82) is 0 Å². The Labute approximate surface area is 171 Å². The lowest BCUT2D eigenvalue weighted by molar-refractivity contribution is -0.121. The van der Waals surface area contributed by atoms with E-state index in [1.54, 1.807) is 0 Å². The summed E-state index contributed by atoms with van der Waals surface area (Å²) < 4.78 is 0. The van der Waals surface area contributed by atoms with E-state index in [-0.39, 0.29) is 18.4 Å². The van der Waals surface area contributed by atoms with Crippen LogP contribution in [-0.4, -0.2) is 61.2 Å². The minimum Gasteiger partial charge on any atom is -0.395 e. The normalized spacial score (nSPS) is 11.6. The van der Waals surface area contributed by atoms with Gasteiger partial charge in [-0.05, 0) is 52.4 Å². The molecule has 162 valence electrons. The van der Waals surface area contributed by atoms with E-state index in [1.165, 1.54) is 0 Å². The second kappa shape index (κ2) is 20.1. The number of nitrogens with zero attached hydrogens (tertiary/aromatic N) is 1. The summed E-state index contributed by atoms with van der Waals surface area (Å²) in [7, 11) is 0. The lowest BCUT2D eigenvalue weighted by Gasteiger charge is -2.21. The maximum Gasteiger partial charge on any atom is 0.220 e. The van der Waals surface area contributed by atoms with Gasteiger partial charge in [-0.15, -0.1) is 0 Å². The molecule has 0 aromatic rings. The number of rotatable bonds is 18. The standard InChI is InChI=1S/C22H41N3O3/c1-3-5-7-9-11-13-21(27)23-15-17-25(19-20-26)18-16-24-22(28)14-12-10-8-6-4-2/h3-6,26H,7-20H2,1-2H3,(H,23,27)(H,24,28)/b5-3+,6-4+. The van der Waals surface area contributed by atoms with Crippen molar-refractivity contribution in [3.05, 3.63) is 24.3 Å². The van der Waals surface area contributed by atoms with E-state index in [2.05, 4.69) is 27.7 Å². The minimum absolute atomic E-state index is 0.0672. The Morgan fingerprint density at radius 3 is 1.64 bits per heavy atom. The van der Waals surface area contributed by atoms with Gasteiger partial charge in [-0.25, -0.2) is 0 Å². The summed E-state index contributed by atoms with van der Waals surface area (Å²) in [4.78, 5) is 25.7. The predicted octanol–water partition coefficient (Wildman–Crippen LogP) is 2.79. The van der Waals surface area contributed by atoms with E-state index in [0.29, 0.717) is 45.6 Å². The first-order valence-electron chi connectivity index (χ1n) is 10.7. The van der Waals surface area contributed by atoms with E-state index in [4.69, 9.17) is 0 Å². The van der Waals surface area contributed by atoms with Crippen molar-refractivity contribution < 1.29 is 14.7 Å². The fourth-order valence-electron chi connectivity index (χ4n) is 2.79. The van der Waals surface area contributed by atoms with Crippen LogP contribution in [0.2, 0.25) is 0 Å². The third-order valence-corrected chi connectivity index (χ3v) is 4.44. The molecule has 0 aliphatic rings. The molecule has 3 N–H and O–H groups in total. The number of hydrogen-bond acceptors (Lipinski definition) is 4. The lowest BCUT2D eigenvalue weighted by atomic mass is 10.2. The Hall–Kier alpha value is -1.66. The van der Waals surface area contributed by atoms with E-state index in [1.807, 2.05) is 26.0 Å². The highest BCUT2D eigenvalue weighted by atomic mass is 16.3. The van der Waals surface area contributed by atoms with Crippen molar-refractivity contribution >= 4 is 11.8 Å². The number of unbranched alkanes of at least 4 members (excludes halogenated alkanes) is 4. The van der Waals surface area contributed by atoms with Crippen LogP contribution >= 0.6 is 0 Å². The molecule has 0 aromatic carbocycles. The van der Waals surface area contributed by atoms with Gasteiger partial charge in [0.25, 0.3) is 0 Å². The molecule has 0 spiro atoms. The Bertz CT molecular complexity index is 412. The molecule has 6 heteroatoms. The molecule has 0 aliphatic carbocycles. The molecule has 0 saturated carbocycles. The summed E-state index contributed by atoms with van der Waals surface area (Å²) in [5, 5.41) is 15.1. The van der Waals surface area contributed by atoms with Crippen molar-refractivity contribution in [3.63, 3.8) is 0 Å². The lowest BCUT2D eigenvalue weighted by Crippen LogP contribution is -2.40. The number of amides is 2. The Kier molecular flexibility index (Phi) is 18.9. The quantitative estimate of drug-likeness (QED) is 0.246. The van der Waals surface area contributed by atoms with Crippen LogP contribution in [0, 0.1) is 0 Å². The molecular weight excluding hydrogens is 354 g/mol. The first kappa shape index (κ1) is 26.3. The Morgan fingerprint density at radius 1 is 0.786 bits per heavy atom. The maximum atomic E-state index is 11.8. The predicted molar refractivity (Wildman–Crippen MR) is 116 cm³/mol. The first-order chi connectivity index (χ1) is 13.6. The average molecular weight is 396 g/mol. The molecule has 0 fully saturated rings. The second-order valence-electron chi connectivity index (χ2n) is 6.89. The molecule has 0 atom stereocenters. The van der Waals surface area contributed by atoms with Crippen LogP contribution in [0.4, 0.5) is 0 Å². The summed E-state index contributed by atoms with van der Waals surface area (Å²) in [6.45, 7) is 7.08. The third-order valence-electron chi connectivity index (χ3n) is 4.44. The smallest absolute Gasteiger partial charge is 0.220 e. The zero-order chi connectivity index (χ0) is 20.9. The molecule has 0 saturated heterocycles. The van der Waals surface area contributed by atoms with Crippen molar-refractivity contribution in [2.75, 3.05) is 39.3 Å². The van der Waals surface area contributed by atoms with E-state index < -0.39 is 0 Å². The highest BCUT2D eigenvalue weighted by Crippen LogP contribution is 2.01. The van der Waals surface area contributed by atoms with Crippen molar-refractivity contribution in [2.24, 2.45) is 0 Å². The van der Waals surface area contributed by atoms with Crippen molar-refractivity contribution in [2.45, 2.75) is 65.2 Å². The van der Waals surface area contributed by atoms with E-state index in [9.17, 15) is 14.7 Å². The molecular formula is C22H41N3O3. The molecule has 0 aliphatic heterocycles. The molecule has 0 radical (unpaired) electrons. The first-order valence-corrected chi connectivity index (χ1v) is 10.7. The number of carbonyl (C=O) groups is 2. The minimum atomic E-state index is 0.0672. The molecule has 0 bridgehead atoms. The van der Waals surface area contributed by atoms with Gasteiger partial charge in [0.05, 0.1) is 6.61 Å². The van der Waals surface area contributed by atoms with E-state index in [0.717, 1.165) is 38.5 Å². The van der Waals surface area contributed by atoms with Crippen LogP contribution in [0.25, 0.3) is 0 Å². The highest BCUT2D eigenvalue weighted by molar-refractivity contribution is 5.76. The zero-order valence-electron chi connectivity index (χ0n) is 17.9. The Morgan fingerprint density at radius 2 is 1.25 bits per heavy atom. The van der Waals surface area contributed by atoms with Gasteiger partial charge in [-0.1, -0.05) is 24.3 Å². The fourth-order valence-corrected chi connectivity index (χ4v) is 2.79. The SMILES string of the molecule is C/C=C/CCCCC(=O)NCCN(CCO)CCNC(=O)CCCC/C=C/C. The molecule has 0 heterocycles. The zero-order valence-corrected chi connectivity index (χ0v) is 17.9. The van der Waals surface area contributed by atoms with Crippen LogP contribution in [-0.2, 0) is 9.59 Å². The number of aliphatic hydroxyl groups excluding tert-OH is 1. The van der Waals surface area contributed by atoms with Crippen LogP contribution in [0.15, 0.2) is 24.3 Å². The topological polar surface area (TPSA) is 81.7 Å². The Balaban J connectivity index is 3.81. The van der Waals surface area contributed by atoms with Crippen LogP contribution < -0.4 is 10.6 Å². The fraction of sp³-hybridized carbons (Fsp3) is 0.727. The molecule has 6 nitrogen and oxygen atoms in total. The van der Waals surface area contributed by atoms with Crippen LogP contribution in [0.1, 0.15) is 65.2 Å². The monoisotopic (exact) mass is 395 g/mol. The largest absolute Gasteiger partial charge is 0.395 e. The summed E-state index contributed by atoms with van der Waals surface area (Å²) in [6.07, 6.45) is 15.3. The van der Waals surface area contributed by atoms with Gasteiger partial charge in [-0.3, -0.25) is 14.5 Å². The number of aliphatic hydroxyl groups is 1. The number of nitrogens with one attached hydrogen (secondary N) is 2. The van der Waals surface area contributed by atoms with Crippen LogP contribution in [0.3, 0.4) is 0 Å². The van der Waals surface area contributed by atoms with Crippen LogP contribution in [0.5, 0.6) is 0 Å². The summed E-state index contributed by atoms with van der Waals surface area (Å²) in [5.74, 6) is 0.159.